The van der Waals surface area contributed by atoms with Crippen LogP contribution in [-0.4, -0.2) is 55.3 Å². The highest BCUT2D eigenvalue weighted by Gasteiger charge is 2.55. The number of ether oxygens (including phenoxy) is 1. The van der Waals surface area contributed by atoms with Crippen LogP contribution in [0.2, 0.25) is 0 Å². The Morgan fingerprint density at radius 1 is 1.10 bits per heavy atom. The van der Waals surface area contributed by atoms with E-state index in [1.807, 2.05) is 0 Å². The van der Waals surface area contributed by atoms with E-state index in [0.29, 0.717) is 36.9 Å². The molecule has 1 saturated heterocycles. The molecule has 9 heteroatoms. The van der Waals surface area contributed by atoms with Gasteiger partial charge in [-0.1, -0.05) is 25.3 Å². The summed E-state index contributed by atoms with van der Waals surface area (Å²) in [7, 11) is 0. The maximum atomic E-state index is 12.3. The third-order valence-corrected chi connectivity index (χ3v) is 6.61. The van der Waals surface area contributed by atoms with Crippen molar-refractivity contribution in [2.75, 3.05) is 26.2 Å². The van der Waals surface area contributed by atoms with Gasteiger partial charge in [0, 0.05) is 31.2 Å². The van der Waals surface area contributed by atoms with Crippen molar-refractivity contribution in [2.45, 2.75) is 44.5 Å². The van der Waals surface area contributed by atoms with Crippen LogP contribution < -0.4 is 15.4 Å². The number of alkyl halides is 3. The zero-order valence-electron chi connectivity index (χ0n) is 17.3. The van der Waals surface area contributed by atoms with E-state index in [1.165, 1.54) is 31.4 Å². The largest absolute Gasteiger partial charge is 0.573 e. The standard InChI is InChI=1S/C22H28F3N3O3/c23-22(24,25)31-16-8-4-5-14(9-16)21(30)26-10-17-18-11-28(12-19(17)18)13-20(29)27-15-6-2-1-3-7-15/h4-5,8-9,15,17-19H,1-3,6-7,10-13H2,(H,26,30)(H,27,29). The summed E-state index contributed by atoms with van der Waals surface area (Å²) in [4.78, 5) is 26.7. The van der Waals surface area contributed by atoms with Crippen LogP contribution in [0.4, 0.5) is 13.2 Å². The summed E-state index contributed by atoms with van der Waals surface area (Å²) in [5, 5.41) is 5.96. The van der Waals surface area contributed by atoms with Gasteiger partial charge in [-0.3, -0.25) is 14.5 Å². The van der Waals surface area contributed by atoms with Gasteiger partial charge in [-0.15, -0.1) is 13.2 Å². The lowest BCUT2D eigenvalue weighted by atomic mass is 9.95. The first-order valence-electron chi connectivity index (χ1n) is 10.9. The fourth-order valence-electron chi connectivity index (χ4n) is 5.04. The Labute approximate surface area is 179 Å². The Hall–Kier alpha value is -2.29. The highest BCUT2D eigenvalue weighted by atomic mass is 19.4. The fourth-order valence-corrected chi connectivity index (χ4v) is 5.04. The Bertz CT molecular complexity index is 799. The van der Waals surface area contributed by atoms with E-state index < -0.39 is 18.0 Å². The van der Waals surface area contributed by atoms with Gasteiger partial charge in [0.25, 0.3) is 5.91 Å². The molecule has 0 radical (unpaired) electrons. The van der Waals surface area contributed by atoms with Crippen molar-refractivity contribution in [3.63, 3.8) is 0 Å². The van der Waals surface area contributed by atoms with Crippen molar-refractivity contribution < 1.29 is 27.5 Å². The van der Waals surface area contributed by atoms with Crippen LogP contribution in [0, 0.1) is 17.8 Å². The maximum Gasteiger partial charge on any atom is 0.573 e. The van der Waals surface area contributed by atoms with Crippen molar-refractivity contribution in [1.29, 1.82) is 0 Å². The van der Waals surface area contributed by atoms with Gasteiger partial charge >= 0.3 is 6.36 Å². The summed E-state index contributed by atoms with van der Waals surface area (Å²) in [6, 6.07) is 5.39. The molecule has 6 nitrogen and oxygen atoms in total. The van der Waals surface area contributed by atoms with E-state index in [1.54, 1.807) is 0 Å². The number of nitrogens with zero attached hydrogens (tertiary/aromatic N) is 1. The monoisotopic (exact) mass is 439 g/mol. The molecule has 0 spiro atoms. The van der Waals surface area contributed by atoms with Crippen molar-refractivity contribution in [1.82, 2.24) is 15.5 Å². The van der Waals surface area contributed by atoms with E-state index in [0.717, 1.165) is 38.1 Å². The summed E-state index contributed by atoms with van der Waals surface area (Å²) < 4.78 is 40.9. The molecule has 31 heavy (non-hydrogen) atoms. The van der Waals surface area contributed by atoms with Crippen LogP contribution in [-0.2, 0) is 4.79 Å². The van der Waals surface area contributed by atoms with Gasteiger partial charge in [-0.25, -0.2) is 0 Å². The van der Waals surface area contributed by atoms with Crippen LogP contribution in [0.15, 0.2) is 24.3 Å². The van der Waals surface area contributed by atoms with Crippen molar-refractivity contribution in [2.24, 2.45) is 17.8 Å². The number of halogens is 3. The van der Waals surface area contributed by atoms with E-state index in [4.69, 9.17) is 0 Å². The lowest BCUT2D eigenvalue weighted by molar-refractivity contribution is -0.274. The number of rotatable bonds is 7. The van der Waals surface area contributed by atoms with E-state index in [-0.39, 0.29) is 11.5 Å². The van der Waals surface area contributed by atoms with E-state index in [9.17, 15) is 22.8 Å². The van der Waals surface area contributed by atoms with E-state index >= 15 is 0 Å². The summed E-state index contributed by atoms with van der Waals surface area (Å²) in [5.74, 6) is 0.549. The van der Waals surface area contributed by atoms with E-state index in [2.05, 4.69) is 20.3 Å². The minimum Gasteiger partial charge on any atom is -0.406 e. The summed E-state index contributed by atoms with van der Waals surface area (Å²) >= 11 is 0. The van der Waals surface area contributed by atoms with Crippen molar-refractivity contribution in [3.8, 4) is 5.75 Å². The average molecular weight is 439 g/mol. The van der Waals surface area contributed by atoms with Crippen LogP contribution in [0.3, 0.4) is 0 Å². The normalized spacial score (nSPS) is 26.2. The highest BCUT2D eigenvalue weighted by molar-refractivity contribution is 5.94. The van der Waals surface area contributed by atoms with Gasteiger partial charge in [-0.05, 0) is 48.8 Å². The molecule has 3 fully saturated rings. The molecule has 1 heterocycles. The van der Waals surface area contributed by atoms with Crippen LogP contribution in [0.5, 0.6) is 5.75 Å². The number of hydrogen-bond donors (Lipinski definition) is 2. The third-order valence-electron chi connectivity index (χ3n) is 6.61. The first-order valence-corrected chi connectivity index (χ1v) is 10.9. The van der Waals surface area contributed by atoms with Crippen LogP contribution in [0.25, 0.3) is 0 Å². The number of carbonyl (C=O) groups is 2. The quantitative estimate of drug-likeness (QED) is 0.686. The minimum atomic E-state index is -4.79. The topological polar surface area (TPSA) is 70.7 Å². The molecule has 2 atom stereocenters. The molecular weight excluding hydrogens is 411 g/mol. The summed E-state index contributed by atoms with van der Waals surface area (Å²) in [6.45, 7) is 2.60. The number of fused-ring (bicyclic) bond motifs is 1. The molecule has 2 N–H and O–H groups in total. The molecule has 3 aliphatic rings. The number of likely N-dealkylation sites (tertiary alicyclic amines) is 1. The molecule has 0 aromatic heterocycles. The predicted molar refractivity (Wildman–Crippen MR) is 107 cm³/mol. The van der Waals surface area contributed by atoms with Crippen LogP contribution >= 0.6 is 0 Å². The number of amides is 2. The lowest BCUT2D eigenvalue weighted by Gasteiger charge is -2.25. The summed E-state index contributed by atoms with van der Waals surface area (Å²) in [5.41, 5.74) is 0.133. The third kappa shape index (κ3) is 5.90. The second kappa shape index (κ2) is 9.06. The first-order chi connectivity index (χ1) is 14.8. The van der Waals surface area contributed by atoms with Gasteiger partial charge in [0.05, 0.1) is 6.54 Å². The van der Waals surface area contributed by atoms with Gasteiger partial charge in [0.15, 0.2) is 0 Å². The predicted octanol–water partition coefficient (Wildman–Crippen LogP) is 2.94. The van der Waals surface area contributed by atoms with Gasteiger partial charge in [0.2, 0.25) is 5.91 Å². The highest BCUT2D eigenvalue weighted by Crippen LogP contribution is 2.51. The number of hydrogen-bond acceptors (Lipinski definition) is 4. The van der Waals surface area contributed by atoms with Crippen LogP contribution in [0.1, 0.15) is 42.5 Å². The van der Waals surface area contributed by atoms with Gasteiger partial charge in [0.1, 0.15) is 5.75 Å². The Morgan fingerprint density at radius 3 is 2.48 bits per heavy atom. The molecule has 0 bridgehead atoms. The van der Waals surface area contributed by atoms with Crippen molar-refractivity contribution in [3.05, 3.63) is 29.8 Å². The Balaban J connectivity index is 1.17. The molecule has 2 unspecified atom stereocenters. The lowest BCUT2D eigenvalue weighted by Crippen LogP contribution is -2.43. The first kappa shape index (κ1) is 21.9. The molecule has 4 rings (SSSR count). The van der Waals surface area contributed by atoms with Gasteiger partial charge < -0.3 is 15.4 Å². The molecule has 1 aliphatic heterocycles. The average Bonchev–Trinajstić information content (AvgIpc) is 3.16. The minimum absolute atomic E-state index is 0.0963. The zero-order valence-corrected chi connectivity index (χ0v) is 17.3. The molecule has 2 saturated carbocycles. The second-order valence-electron chi connectivity index (χ2n) is 8.87. The molecule has 170 valence electrons. The molecule has 1 aromatic carbocycles. The fraction of sp³-hybridized carbons (Fsp3) is 0.636. The van der Waals surface area contributed by atoms with Gasteiger partial charge in [-0.2, -0.15) is 0 Å². The van der Waals surface area contributed by atoms with Crippen molar-refractivity contribution >= 4 is 11.8 Å². The number of nitrogens with one attached hydrogen (secondary N) is 2. The molecular formula is C22H28F3N3O3. The molecule has 2 amide bonds. The Kier molecular flexibility index (Phi) is 6.41. The Morgan fingerprint density at radius 2 is 1.81 bits per heavy atom. The number of benzene rings is 1. The number of piperidine rings is 1. The molecule has 1 aromatic rings. The summed E-state index contributed by atoms with van der Waals surface area (Å²) in [6.07, 6.45) is 0.984. The smallest absolute Gasteiger partial charge is 0.406 e. The maximum absolute atomic E-state index is 12.3. The second-order valence-corrected chi connectivity index (χ2v) is 8.87. The SMILES string of the molecule is O=C(CN1CC2C(CNC(=O)c3cccc(OC(F)(F)F)c3)C2C1)NC1CCCCC1. The molecule has 2 aliphatic carbocycles. The zero-order chi connectivity index (χ0) is 22.0. The number of carbonyl (C=O) groups excluding carboxylic acids is 2.